The maximum atomic E-state index is 12.9. The van der Waals surface area contributed by atoms with Crippen molar-refractivity contribution >= 4 is 26.9 Å². The molecule has 0 bridgehead atoms. The van der Waals surface area contributed by atoms with E-state index < -0.39 is 32.2 Å². The lowest BCUT2D eigenvalue weighted by Gasteiger charge is -2.09. The van der Waals surface area contributed by atoms with Gasteiger partial charge in [-0.1, -0.05) is 6.07 Å². The molecule has 152 valence electrons. The predicted octanol–water partition coefficient (Wildman–Crippen LogP) is 3.95. The van der Waals surface area contributed by atoms with E-state index in [0.29, 0.717) is 0 Å². The molecule has 1 aromatic heterocycles. The molecular weight excluding hydrogens is 413 g/mol. The van der Waals surface area contributed by atoms with E-state index in [2.05, 4.69) is 10.4 Å². The first-order valence-electron chi connectivity index (χ1n) is 7.93. The Morgan fingerprint density at radius 1 is 1.17 bits per heavy atom. The zero-order valence-electron chi connectivity index (χ0n) is 14.7. The van der Waals surface area contributed by atoms with Crippen molar-refractivity contribution in [1.29, 1.82) is 0 Å². The first-order valence-corrected chi connectivity index (χ1v) is 9.82. The van der Waals surface area contributed by atoms with Crippen LogP contribution in [0.15, 0.2) is 59.8 Å². The van der Waals surface area contributed by atoms with Crippen LogP contribution in [0.25, 0.3) is 5.69 Å². The molecule has 0 amide bonds. The molecule has 0 unspecified atom stereocenters. The van der Waals surface area contributed by atoms with E-state index in [1.165, 1.54) is 35.3 Å². The number of non-ortho nitro benzene ring substituents is 1. The average Bonchev–Trinajstić information content (AvgIpc) is 3.09. The van der Waals surface area contributed by atoms with Gasteiger partial charge in [-0.2, -0.15) is 18.3 Å². The van der Waals surface area contributed by atoms with Crippen LogP contribution in [0.2, 0.25) is 0 Å². The second kappa shape index (κ2) is 7.20. The van der Waals surface area contributed by atoms with Crippen molar-refractivity contribution in [2.45, 2.75) is 11.1 Å². The Hall–Kier alpha value is -3.41. The number of benzene rings is 2. The van der Waals surface area contributed by atoms with Crippen LogP contribution in [0.4, 0.5) is 30.2 Å². The number of nitro benzene ring substituents is 1. The molecule has 1 heterocycles. The topological polar surface area (TPSA) is 107 Å². The minimum atomic E-state index is -4.51. The Morgan fingerprint density at radius 2 is 1.90 bits per heavy atom. The molecule has 29 heavy (non-hydrogen) atoms. The Morgan fingerprint density at radius 3 is 2.52 bits per heavy atom. The molecule has 3 aromatic rings. The van der Waals surface area contributed by atoms with Crippen molar-refractivity contribution in [3.05, 3.63) is 70.5 Å². The molecule has 0 radical (unpaired) electrons. The lowest BCUT2D eigenvalue weighted by Crippen LogP contribution is -2.06. The third-order valence-corrected chi connectivity index (χ3v) is 5.01. The smallest absolute Gasteiger partial charge is 0.352 e. The van der Waals surface area contributed by atoms with Gasteiger partial charge in [-0.05, 0) is 24.3 Å². The predicted molar refractivity (Wildman–Crippen MR) is 98.1 cm³/mol. The fourth-order valence-corrected chi connectivity index (χ4v) is 3.40. The van der Waals surface area contributed by atoms with Gasteiger partial charge in [0.15, 0.2) is 9.84 Å². The summed E-state index contributed by atoms with van der Waals surface area (Å²) in [6.45, 7) is 0. The zero-order chi connectivity index (χ0) is 21.4. The number of nitrogens with one attached hydrogen (secondary N) is 1. The molecule has 0 aliphatic rings. The summed E-state index contributed by atoms with van der Waals surface area (Å²) in [7, 11) is -3.80. The molecule has 2 aromatic carbocycles. The number of sulfone groups is 1. The number of alkyl halides is 3. The van der Waals surface area contributed by atoms with Gasteiger partial charge in [-0.3, -0.25) is 10.1 Å². The summed E-state index contributed by atoms with van der Waals surface area (Å²) in [5.74, 6) is 0. The Kier molecular flexibility index (Phi) is 5.05. The summed E-state index contributed by atoms with van der Waals surface area (Å²) in [6.07, 6.45) is -0.951. The second-order valence-corrected chi connectivity index (χ2v) is 8.04. The Bertz CT molecular complexity index is 1190. The molecule has 0 aliphatic carbocycles. The van der Waals surface area contributed by atoms with Crippen molar-refractivity contribution in [1.82, 2.24) is 9.78 Å². The first-order chi connectivity index (χ1) is 13.4. The minimum absolute atomic E-state index is 0.0710. The number of hydrogen-bond acceptors (Lipinski definition) is 6. The highest BCUT2D eigenvalue weighted by Gasteiger charge is 2.30. The van der Waals surface area contributed by atoms with Gasteiger partial charge < -0.3 is 5.32 Å². The van der Waals surface area contributed by atoms with Crippen molar-refractivity contribution in [3.63, 3.8) is 0 Å². The first kappa shape index (κ1) is 20.3. The fourth-order valence-electron chi connectivity index (χ4n) is 2.54. The molecule has 0 atom stereocenters. The van der Waals surface area contributed by atoms with E-state index in [1.54, 1.807) is 0 Å². The van der Waals surface area contributed by atoms with Crippen molar-refractivity contribution in [3.8, 4) is 5.69 Å². The van der Waals surface area contributed by atoms with Crippen LogP contribution in [0.1, 0.15) is 5.56 Å². The van der Waals surface area contributed by atoms with E-state index in [-0.39, 0.29) is 22.0 Å². The van der Waals surface area contributed by atoms with Crippen LogP contribution in [-0.4, -0.2) is 29.4 Å². The van der Waals surface area contributed by atoms with E-state index in [1.807, 2.05) is 0 Å². The van der Waals surface area contributed by atoms with Crippen LogP contribution < -0.4 is 5.32 Å². The largest absolute Gasteiger partial charge is 0.416 e. The SMILES string of the molecule is CS(=O)(=O)c1cc([N+](=O)[O-])ccc1Nc1cnn(-c2cccc(C(F)(F)F)c2)c1. The van der Waals surface area contributed by atoms with E-state index in [4.69, 9.17) is 0 Å². The highest BCUT2D eigenvalue weighted by molar-refractivity contribution is 7.90. The highest BCUT2D eigenvalue weighted by Crippen LogP contribution is 2.31. The van der Waals surface area contributed by atoms with E-state index in [0.717, 1.165) is 30.5 Å². The van der Waals surface area contributed by atoms with Crippen molar-refractivity contribution in [2.24, 2.45) is 0 Å². The third kappa shape index (κ3) is 4.54. The third-order valence-electron chi connectivity index (χ3n) is 3.88. The normalized spacial score (nSPS) is 12.0. The summed E-state index contributed by atoms with van der Waals surface area (Å²) >= 11 is 0. The number of rotatable bonds is 5. The summed E-state index contributed by atoms with van der Waals surface area (Å²) in [5.41, 5.74) is -0.729. The summed E-state index contributed by atoms with van der Waals surface area (Å²) in [6, 6.07) is 7.82. The van der Waals surface area contributed by atoms with Gasteiger partial charge in [0.25, 0.3) is 5.69 Å². The maximum absolute atomic E-state index is 12.9. The molecule has 0 saturated carbocycles. The quantitative estimate of drug-likeness (QED) is 0.489. The molecule has 0 spiro atoms. The number of nitro groups is 1. The van der Waals surface area contributed by atoms with Gasteiger partial charge in [-0.15, -0.1) is 0 Å². The second-order valence-electron chi connectivity index (χ2n) is 6.06. The van der Waals surface area contributed by atoms with Crippen LogP contribution >= 0.6 is 0 Å². The zero-order valence-corrected chi connectivity index (χ0v) is 15.5. The molecule has 1 N–H and O–H groups in total. The monoisotopic (exact) mass is 426 g/mol. The molecule has 0 aliphatic heterocycles. The maximum Gasteiger partial charge on any atom is 0.416 e. The summed E-state index contributed by atoms with van der Waals surface area (Å²) in [4.78, 5) is 9.89. The molecule has 0 fully saturated rings. The molecule has 12 heteroatoms. The Balaban J connectivity index is 1.94. The lowest BCUT2D eigenvalue weighted by atomic mass is 10.2. The number of aromatic nitrogens is 2. The summed E-state index contributed by atoms with van der Waals surface area (Å²) < 4.78 is 63.8. The molecular formula is C17H13F3N4O4S. The molecule has 8 nitrogen and oxygen atoms in total. The van der Waals surface area contributed by atoms with Gasteiger partial charge in [0.1, 0.15) is 0 Å². The Labute approximate surface area is 162 Å². The average molecular weight is 426 g/mol. The number of hydrogen-bond donors (Lipinski definition) is 1. The van der Waals surface area contributed by atoms with E-state index >= 15 is 0 Å². The van der Waals surface area contributed by atoms with Crippen LogP contribution in [0, 0.1) is 10.1 Å². The van der Waals surface area contributed by atoms with Crippen molar-refractivity contribution < 1.29 is 26.5 Å². The minimum Gasteiger partial charge on any atom is -0.352 e. The number of anilines is 2. The lowest BCUT2D eigenvalue weighted by molar-refractivity contribution is -0.385. The molecule has 0 saturated heterocycles. The van der Waals surface area contributed by atoms with Gasteiger partial charge in [0, 0.05) is 18.4 Å². The molecule has 3 rings (SSSR count). The highest BCUT2D eigenvalue weighted by atomic mass is 32.2. The van der Waals surface area contributed by atoms with Crippen LogP contribution in [0.3, 0.4) is 0 Å². The fraction of sp³-hybridized carbons (Fsp3) is 0.118. The van der Waals surface area contributed by atoms with Crippen LogP contribution in [0.5, 0.6) is 0 Å². The van der Waals surface area contributed by atoms with Gasteiger partial charge >= 0.3 is 6.18 Å². The van der Waals surface area contributed by atoms with Crippen LogP contribution in [-0.2, 0) is 16.0 Å². The van der Waals surface area contributed by atoms with Crippen molar-refractivity contribution in [2.75, 3.05) is 11.6 Å². The summed E-state index contributed by atoms with van der Waals surface area (Å²) in [5, 5.41) is 17.7. The van der Waals surface area contributed by atoms with Gasteiger partial charge in [0.2, 0.25) is 0 Å². The van der Waals surface area contributed by atoms with Gasteiger partial charge in [-0.25, -0.2) is 13.1 Å². The number of nitrogens with zero attached hydrogens (tertiary/aromatic N) is 3. The van der Waals surface area contributed by atoms with E-state index in [9.17, 15) is 31.7 Å². The van der Waals surface area contributed by atoms with Gasteiger partial charge in [0.05, 0.1) is 44.8 Å². The number of halogens is 3. The standard InChI is InChI=1S/C17H13F3N4O4S/c1-29(27,28)16-8-14(24(25)26)5-6-15(16)22-12-9-21-23(10-12)13-4-2-3-11(7-13)17(18,19)20/h2-10,22H,1H3.